The lowest BCUT2D eigenvalue weighted by Crippen LogP contribution is -1.85. The Bertz CT molecular complexity index is 412. The van der Waals surface area contributed by atoms with Crippen molar-refractivity contribution < 1.29 is 4.74 Å². The highest BCUT2D eigenvalue weighted by Crippen LogP contribution is 2.20. The van der Waals surface area contributed by atoms with Crippen LogP contribution in [-0.2, 0) is 0 Å². The maximum Gasteiger partial charge on any atom is 0.130 e. The molecule has 0 saturated carbocycles. The lowest BCUT2D eigenvalue weighted by Gasteiger charge is -2.04. The summed E-state index contributed by atoms with van der Waals surface area (Å²) in [6, 6.07) is 14.1. The number of pyridine rings is 1. The molecule has 1 heterocycles. The van der Waals surface area contributed by atoms with Crippen LogP contribution in [0.2, 0.25) is 0 Å². The molecular formula is C12H10NO. The molecule has 2 aromatic rings. The van der Waals surface area contributed by atoms with Crippen molar-refractivity contribution in [3.8, 4) is 11.5 Å². The van der Waals surface area contributed by atoms with Gasteiger partial charge in [-0.2, -0.15) is 0 Å². The summed E-state index contributed by atoms with van der Waals surface area (Å²) in [5, 5.41) is 0. The van der Waals surface area contributed by atoms with E-state index in [0.717, 1.165) is 17.2 Å². The van der Waals surface area contributed by atoms with Crippen LogP contribution in [0.3, 0.4) is 0 Å². The second-order valence-corrected chi connectivity index (χ2v) is 2.97. The molecule has 0 aliphatic rings. The second kappa shape index (κ2) is 3.92. The normalized spacial score (nSPS) is 9.79. The highest BCUT2D eigenvalue weighted by Gasteiger charge is 1.95. The molecule has 0 aliphatic heterocycles. The summed E-state index contributed by atoms with van der Waals surface area (Å²) >= 11 is 0. The zero-order valence-electron chi connectivity index (χ0n) is 7.90. The van der Waals surface area contributed by atoms with Crippen molar-refractivity contribution in [2.45, 2.75) is 6.92 Å². The number of aryl methyl sites for hydroxylation is 1. The number of hydrogen-bond acceptors (Lipinski definition) is 2. The summed E-state index contributed by atoms with van der Waals surface area (Å²) in [5.41, 5.74) is 0.949. The molecule has 2 rings (SSSR count). The number of hydrogen-bond donors (Lipinski definition) is 0. The van der Waals surface area contributed by atoms with Gasteiger partial charge in [0.05, 0.1) is 0 Å². The van der Waals surface area contributed by atoms with Crippen molar-refractivity contribution in [1.82, 2.24) is 4.98 Å². The van der Waals surface area contributed by atoms with E-state index in [2.05, 4.69) is 11.1 Å². The van der Waals surface area contributed by atoms with Gasteiger partial charge < -0.3 is 4.74 Å². The number of ether oxygens (including phenoxy) is 1. The molecule has 1 aromatic heterocycles. The van der Waals surface area contributed by atoms with Gasteiger partial charge in [-0.3, -0.25) is 4.98 Å². The third kappa shape index (κ3) is 2.10. The van der Waals surface area contributed by atoms with Gasteiger partial charge in [0.1, 0.15) is 11.5 Å². The summed E-state index contributed by atoms with van der Waals surface area (Å²) in [6.07, 6.45) is 1.74. The van der Waals surface area contributed by atoms with Crippen LogP contribution in [0.5, 0.6) is 11.5 Å². The molecule has 0 spiro atoms. The third-order valence-corrected chi connectivity index (χ3v) is 1.79. The molecule has 0 aliphatic carbocycles. The number of benzene rings is 1. The Kier molecular flexibility index (Phi) is 2.45. The van der Waals surface area contributed by atoms with Gasteiger partial charge in [0.2, 0.25) is 0 Å². The lowest BCUT2D eigenvalue weighted by atomic mass is 10.3. The Morgan fingerprint density at radius 3 is 2.64 bits per heavy atom. The van der Waals surface area contributed by atoms with E-state index in [1.165, 1.54) is 0 Å². The first-order chi connectivity index (χ1) is 6.84. The summed E-state index contributed by atoms with van der Waals surface area (Å²) in [5.74, 6) is 1.62. The van der Waals surface area contributed by atoms with E-state index in [4.69, 9.17) is 4.74 Å². The molecule has 0 amide bonds. The first-order valence-corrected chi connectivity index (χ1v) is 4.41. The van der Waals surface area contributed by atoms with Crippen molar-refractivity contribution in [1.29, 1.82) is 0 Å². The molecular weight excluding hydrogens is 174 g/mol. The van der Waals surface area contributed by atoms with E-state index in [-0.39, 0.29) is 0 Å². The van der Waals surface area contributed by atoms with E-state index >= 15 is 0 Å². The molecule has 1 radical (unpaired) electrons. The lowest BCUT2D eigenvalue weighted by molar-refractivity contribution is 0.481. The van der Waals surface area contributed by atoms with Gasteiger partial charge >= 0.3 is 0 Å². The number of aromatic nitrogens is 1. The first kappa shape index (κ1) is 8.75. The van der Waals surface area contributed by atoms with Crippen LogP contribution in [0, 0.1) is 13.0 Å². The number of nitrogens with zero attached hydrogens (tertiary/aromatic N) is 1. The van der Waals surface area contributed by atoms with E-state index < -0.39 is 0 Å². The Balaban J connectivity index is 2.19. The van der Waals surface area contributed by atoms with E-state index in [1.54, 1.807) is 6.20 Å². The fourth-order valence-corrected chi connectivity index (χ4v) is 1.16. The maximum atomic E-state index is 5.60. The molecule has 0 N–H and O–H groups in total. The second-order valence-electron chi connectivity index (χ2n) is 2.97. The fourth-order valence-electron chi connectivity index (χ4n) is 1.16. The quantitative estimate of drug-likeness (QED) is 0.715. The smallest absolute Gasteiger partial charge is 0.130 e. The Morgan fingerprint density at radius 2 is 1.93 bits per heavy atom. The van der Waals surface area contributed by atoms with Crippen molar-refractivity contribution in [2.24, 2.45) is 0 Å². The van der Waals surface area contributed by atoms with E-state index in [1.807, 2.05) is 43.3 Å². The first-order valence-electron chi connectivity index (χ1n) is 4.41. The van der Waals surface area contributed by atoms with Gasteiger partial charge in [-0.25, -0.2) is 0 Å². The minimum absolute atomic E-state index is 0.809. The summed E-state index contributed by atoms with van der Waals surface area (Å²) in [4.78, 5) is 4.10. The highest BCUT2D eigenvalue weighted by molar-refractivity contribution is 5.30. The Hall–Kier alpha value is -1.83. The topological polar surface area (TPSA) is 22.1 Å². The largest absolute Gasteiger partial charge is 0.457 e. The molecule has 14 heavy (non-hydrogen) atoms. The minimum Gasteiger partial charge on any atom is -0.457 e. The summed E-state index contributed by atoms with van der Waals surface area (Å²) in [6.45, 7) is 1.94. The van der Waals surface area contributed by atoms with Gasteiger partial charge in [0.15, 0.2) is 0 Å². The van der Waals surface area contributed by atoms with Crippen LogP contribution >= 0.6 is 0 Å². The van der Waals surface area contributed by atoms with Crippen LogP contribution in [0.4, 0.5) is 0 Å². The average molecular weight is 184 g/mol. The van der Waals surface area contributed by atoms with Crippen molar-refractivity contribution in [3.63, 3.8) is 0 Å². The molecule has 0 unspecified atom stereocenters. The SMILES string of the molecule is Cc1cc(Oc2cc[c]cc2)ccn1. The molecule has 0 atom stereocenters. The molecule has 0 fully saturated rings. The van der Waals surface area contributed by atoms with E-state index in [9.17, 15) is 0 Å². The summed E-state index contributed by atoms with van der Waals surface area (Å²) in [7, 11) is 0. The maximum absolute atomic E-state index is 5.60. The van der Waals surface area contributed by atoms with Gasteiger partial charge in [0, 0.05) is 18.0 Å². The van der Waals surface area contributed by atoms with Crippen LogP contribution in [-0.4, -0.2) is 4.98 Å². The van der Waals surface area contributed by atoms with Gasteiger partial charge in [-0.15, -0.1) is 0 Å². The third-order valence-electron chi connectivity index (χ3n) is 1.79. The molecule has 2 nitrogen and oxygen atoms in total. The molecule has 1 aromatic carbocycles. The molecule has 2 heteroatoms. The van der Waals surface area contributed by atoms with Gasteiger partial charge in [0.25, 0.3) is 0 Å². The van der Waals surface area contributed by atoms with Crippen molar-refractivity contribution >= 4 is 0 Å². The predicted molar refractivity (Wildman–Crippen MR) is 54.3 cm³/mol. The zero-order valence-corrected chi connectivity index (χ0v) is 7.90. The van der Waals surface area contributed by atoms with Gasteiger partial charge in [-0.05, 0) is 31.2 Å². The summed E-state index contributed by atoms with van der Waals surface area (Å²) < 4.78 is 5.60. The molecule has 69 valence electrons. The van der Waals surface area contributed by atoms with Crippen LogP contribution in [0.1, 0.15) is 5.69 Å². The Morgan fingerprint density at radius 1 is 1.14 bits per heavy atom. The molecule has 0 bridgehead atoms. The van der Waals surface area contributed by atoms with Crippen LogP contribution < -0.4 is 4.74 Å². The zero-order chi connectivity index (χ0) is 9.80. The standard InChI is InChI=1S/C12H10NO/c1-10-9-12(7-8-13-10)14-11-5-3-2-4-6-11/h3-9H,1H3. The Labute approximate surface area is 83.2 Å². The van der Waals surface area contributed by atoms with Crippen molar-refractivity contribution in [3.05, 3.63) is 54.4 Å². The van der Waals surface area contributed by atoms with Gasteiger partial charge in [-0.1, -0.05) is 12.1 Å². The monoisotopic (exact) mass is 184 g/mol. The van der Waals surface area contributed by atoms with E-state index in [0.29, 0.717) is 0 Å². The van der Waals surface area contributed by atoms with Crippen molar-refractivity contribution in [2.75, 3.05) is 0 Å². The average Bonchev–Trinajstić information content (AvgIpc) is 2.19. The molecule has 0 saturated heterocycles. The van der Waals surface area contributed by atoms with Crippen LogP contribution in [0.15, 0.2) is 42.6 Å². The number of rotatable bonds is 2. The predicted octanol–water partition coefficient (Wildman–Crippen LogP) is 2.98. The van der Waals surface area contributed by atoms with Crippen LogP contribution in [0.25, 0.3) is 0 Å². The minimum atomic E-state index is 0.809. The fraction of sp³-hybridized carbons (Fsp3) is 0.0833. The highest BCUT2D eigenvalue weighted by atomic mass is 16.5.